The van der Waals surface area contributed by atoms with E-state index in [4.69, 9.17) is 5.73 Å². The first-order valence-corrected chi connectivity index (χ1v) is 6.80. The van der Waals surface area contributed by atoms with Gasteiger partial charge in [0.05, 0.1) is 12.2 Å². The van der Waals surface area contributed by atoms with E-state index in [-0.39, 0.29) is 6.03 Å². The van der Waals surface area contributed by atoms with Crippen molar-refractivity contribution in [3.8, 4) is 0 Å². The molecule has 1 aromatic heterocycles. The number of hydrogen-bond donors (Lipinski definition) is 3. The van der Waals surface area contributed by atoms with Gasteiger partial charge in [-0.15, -0.1) is 0 Å². The topological polar surface area (TPSA) is 97.1 Å². The second-order valence-electron chi connectivity index (χ2n) is 5.23. The second kappa shape index (κ2) is 5.90. The molecule has 0 atom stereocenters. The van der Waals surface area contributed by atoms with Crippen molar-refractivity contribution >= 4 is 11.9 Å². The van der Waals surface area contributed by atoms with Gasteiger partial charge in [-0.3, -0.25) is 9.78 Å². The van der Waals surface area contributed by atoms with Crippen molar-refractivity contribution in [1.29, 1.82) is 0 Å². The van der Waals surface area contributed by atoms with Gasteiger partial charge in [-0.2, -0.15) is 0 Å². The molecule has 0 saturated heterocycles. The van der Waals surface area contributed by atoms with Crippen LogP contribution in [0.3, 0.4) is 0 Å². The minimum absolute atomic E-state index is 0.327. The summed E-state index contributed by atoms with van der Waals surface area (Å²) < 4.78 is 0. The molecular formula is C14H20N4O2. The van der Waals surface area contributed by atoms with Crippen LogP contribution in [0, 0.1) is 6.92 Å². The molecule has 0 aromatic carbocycles. The molecular weight excluding hydrogens is 256 g/mol. The van der Waals surface area contributed by atoms with Crippen LogP contribution in [0.5, 0.6) is 0 Å². The fraction of sp³-hybridized carbons (Fsp3) is 0.500. The lowest BCUT2D eigenvalue weighted by molar-refractivity contribution is -0.123. The maximum absolute atomic E-state index is 11.9. The number of rotatable bonds is 4. The van der Waals surface area contributed by atoms with Crippen LogP contribution in [-0.2, 0) is 11.3 Å². The van der Waals surface area contributed by atoms with Crippen LogP contribution >= 0.6 is 0 Å². The number of nitrogens with two attached hydrogens (primary N) is 1. The summed E-state index contributed by atoms with van der Waals surface area (Å²) in [5, 5.41) is 5.46. The van der Waals surface area contributed by atoms with Gasteiger partial charge in [0.15, 0.2) is 0 Å². The molecule has 0 spiro atoms. The average Bonchev–Trinajstić information content (AvgIpc) is 2.88. The number of amides is 3. The van der Waals surface area contributed by atoms with Crippen LogP contribution < -0.4 is 16.4 Å². The molecule has 2 rings (SSSR count). The fourth-order valence-electron chi connectivity index (χ4n) is 2.54. The Kier molecular flexibility index (Phi) is 4.22. The Morgan fingerprint density at radius 1 is 1.40 bits per heavy atom. The highest BCUT2D eigenvalue weighted by Gasteiger charge is 2.40. The van der Waals surface area contributed by atoms with E-state index in [0.29, 0.717) is 19.4 Å². The summed E-state index contributed by atoms with van der Waals surface area (Å²) in [7, 11) is 0. The Balaban J connectivity index is 1.92. The summed E-state index contributed by atoms with van der Waals surface area (Å²) in [6.45, 7) is 2.26. The molecule has 1 aliphatic carbocycles. The lowest BCUT2D eigenvalue weighted by Crippen LogP contribution is -2.57. The summed E-state index contributed by atoms with van der Waals surface area (Å²) >= 11 is 0. The fourth-order valence-corrected chi connectivity index (χ4v) is 2.54. The highest BCUT2D eigenvalue weighted by molar-refractivity contribution is 5.90. The molecule has 1 saturated carbocycles. The van der Waals surface area contributed by atoms with E-state index in [9.17, 15) is 9.59 Å². The normalized spacial score (nSPS) is 16.6. The van der Waals surface area contributed by atoms with Crippen LogP contribution in [0.2, 0.25) is 0 Å². The van der Waals surface area contributed by atoms with Crippen LogP contribution in [0.1, 0.15) is 36.9 Å². The Labute approximate surface area is 118 Å². The van der Waals surface area contributed by atoms with Gasteiger partial charge < -0.3 is 16.4 Å². The third-order valence-corrected chi connectivity index (χ3v) is 3.82. The largest absolute Gasteiger partial charge is 0.368 e. The predicted molar refractivity (Wildman–Crippen MR) is 74.7 cm³/mol. The van der Waals surface area contributed by atoms with E-state index in [1.807, 2.05) is 19.1 Å². The zero-order valence-electron chi connectivity index (χ0n) is 11.6. The number of nitrogens with zero attached hydrogens (tertiary/aromatic N) is 1. The van der Waals surface area contributed by atoms with Crippen molar-refractivity contribution in [3.63, 3.8) is 0 Å². The van der Waals surface area contributed by atoms with Crippen molar-refractivity contribution in [2.45, 2.75) is 44.7 Å². The highest BCUT2D eigenvalue weighted by Crippen LogP contribution is 2.29. The van der Waals surface area contributed by atoms with Gasteiger partial charge in [-0.1, -0.05) is 18.9 Å². The number of aromatic nitrogens is 1. The lowest BCUT2D eigenvalue weighted by atomic mass is 9.97. The van der Waals surface area contributed by atoms with Crippen molar-refractivity contribution in [2.75, 3.05) is 0 Å². The number of carbonyl (C=O) groups is 2. The Morgan fingerprint density at radius 3 is 2.70 bits per heavy atom. The number of nitrogens with one attached hydrogen (secondary N) is 2. The maximum Gasteiger partial charge on any atom is 0.315 e. The first kappa shape index (κ1) is 14.3. The van der Waals surface area contributed by atoms with Crippen molar-refractivity contribution in [3.05, 3.63) is 29.6 Å². The average molecular weight is 276 g/mol. The number of primary amides is 1. The SMILES string of the molecule is Cc1cccnc1CNC(=O)NC1(C(N)=O)CCCC1. The molecule has 1 aliphatic rings. The smallest absolute Gasteiger partial charge is 0.315 e. The molecule has 6 heteroatoms. The molecule has 1 aromatic rings. The van der Waals surface area contributed by atoms with Crippen molar-refractivity contribution < 1.29 is 9.59 Å². The van der Waals surface area contributed by atoms with Crippen LogP contribution in [-0.4, -0.2) is 22.5 Å². The lowest BCUT2D eigenvalue weighted by Gasteiger charge is -2.26. The minimum atomic E-state index is -0.886. The molecule has 3 amide bonds. The van der Waals surface area contributed by atoms with E-state index in [2.05, 4.69) is 15.6 Å². The van der Waals surface area contributed by atoms with E-state index in [1.54, 1.807) is 6.20 Å². The summed E-state index contributed by atoms with van der Waals surface area (Å²) in [4.78, 5) is 27.7. The van der Waals surface area contributed by atoms with Crippen LogP contribution in [0.25, 0.3) is 0 Å². The summed E-state index contributed by atoms with van der Waals surface area (Å²) in [6.07, 6.45) is 4.71. The Morgan fingerprint density at radius 2 is 2.10 bits per heavy atom. The van der Waals surface area contributed by atoms with Gasteiger partial charge in [0, 0.05) is 6.20 Å². The molecule has 0 bridgehead atoms. The number of carbonyl (C=O) groups excluding carboxylic acids is 2. The minimum Gasteiger partial charge on any atom is -0.368 e. The first-order valence-electron chi connectivity index (χ1n) is 6.80. The molecule has 20 heavy (non-hydrogen) atoms. The number of pyridine rings is 1. The summed E-state index contributed by atoms with van der Waals surface area (Å²) in [5.41, 5.74) is 6.35. The van der Waals surface area contributed by atoms with Crippen LogP contribution in [0.15, 0.2) is 18.3 Å². The maximum atomic E-state index is 11.9. The Hall–Kier alpha value is -2.11. The van der Waals surface area contributed by atoms with Gasteiger partial charge in [0.25, 0.3) is 0 Å². The number of aryl methyl sites for hydroxylation is 1. The summed E-state index contributed by atoms with van der Waals surface area (Å²) in [5.74, 6) is -0.459. The van der Waals surface area contributed by atoms with E-state index in [0.717, 1.165) is 24.1 Å². The highest BCUT2D eigenvalue weighted by atomic mass is 16.2. The molecule has 108 valence electrons. The summed E-state index contributed by atoms with van der Waals surface area (Å²) in [6, 6.07) is 3.40. The van der Waals surface area contributed by atoms with Crippen molar-refractivity contribution in [1.82, 2.24) is 15.6 Å². The van der Waals surface area contributed by atoms with Crippen LogP contribution in [0.4, 0.5) is 4.79 Å². The number of hydrogen-bond acceptors (Lipinski definition) is 3. The zero-order chi connectivity index (χ0) is 14.6. The molecule has 1 heterocycles. The second-order valence-corrected chi connectivity index (χ2v) is 5.23. The Bertz CT molecular complexity index is 510. The molecule has 6 nitrogen and oxygen atoms in total. The zero-order valence-corrected chi connectivity index (χ0v) is 11.6. The first-order chi connectivity index (χ1) is 9.53. The van der Waals surface area contributed by atoms with E-state index < -0.39 is 11.4 Å². The molecule has 0 unspecified atom stereocenters. The number of urea groups is 1. The van der Waals surface area contributed by atoms with Crippen molar-refractivity contribution in [2.24, 2.45) is 5.73 Å². The molecule has 0 aliphatic heterocycles. The predicted octanol–water partition coefficient (Wildman–Crippen LogP) is 0.987. The monoisotopic (exact) mass is 276 g/mol. The molecule has 1 fully saturated rings. The van der Waals surface area contributed by atoms with Gasteiger partial charge in [0.2, 0.25) is 5.91 Å². The van der Waals surface area contributed by atoms with Gasteiger partial charge in [0.1, 0.15) is 5.54 Å². The van der Waals surface area contributed by atoms with Gasteiger partial charge in [-0.25, -0.2) is 4.79 Å². The molecule has 0 radical (unpaired) electrons. The van der Waals surface area contributed by atoms with Gasteiger partial charge >= 0.3 is 6.03 Å². The third-order valence-electron chi connectivity index (χ3n) is 3.82. The standard InChI is InChI=1S/C14H20N4O2/c1-10-5-4-8-16-11(10)9-17-13(20)18-14(12(15)19)6-2-3-7-14/h4-5,8H,2-3,6-7,9H2,1H3,(H2,15,19)(H2,17,18,20). The van der Waals surface area contributed by atoms with E-state index in [1.165, 1.54) is 0 Å². The molecule has 4 N–H and O–H groups in total. The third kappa shape index (κ3) is 3.07. The van der Waals surface area contributed by atoms with Gasteiger partial charge in [-0.05, 0) is 31.4 Å². The van der Waals surface area contributed by atoms with E-state index >= 15 is 0 Å². The quantitative estimate of drug-likeness (QED) is 0.765.